The van der Waals surface area contributed by atoms with Gasteiger partial charge in [0.25, 0.3) is 0 Å². The minimum atomic E-state index is -0.965. The van der Waals surface area contributed by atoms with Crippen molar-refractivity contribution in [2.75, 3.05) is 0 Å². The first-order chi connectivity index (χ1) is 8.40. The molecule has 0 amide bonds. The highest BCUT2D eigenvalue weighted by atomic mass is 16.6. The van der Waals surface area contributed by atoms with Gasteiger partial charge in [0.05, 0.1) is 10.8 Å². The van der Waals surface area contributed by atoms with Crippen molar-refractivity contribution in [2.24, 2.45) is 5.92 Å². The third-order valence-corrected chi connectivity index (χ3v) is 2.87. The van der Waals surface area contributed by atoms with Crippen LogP contribution in [0.25, 0.3) is 0 Å². The highest BCUT2D eigenvalue weighted by Gasteiger charge is 2.22. The molecule has 0 heterocycles. The van der Waals surface area contributed by atoms with Gasteiger partial charge in [-0.3, -0.25) is 14.9 Å². The summed E-state index contributed by atoms with van der Waals surface area (Å²) >= 11 is 0. The van der Waals surface area contributed by atoms with Gasteiger partial charge >= 0.3 is 5.97 Å². The molecule has 1 atom stereocenters. The number of rotatable bonds is 10. The Balaban J connectivity index is 4.30. The summed E-state index contributed by atoms with van der Waals surface area (Å²) in [6.07, 6.45) is 3.94. The Morgan fingerprint density at radius 3 is 2.39 bits per heavy atom. The van der Waals surface area contributed by atoms with E-state index in [2.05, 4.69) is 20.1 Å². The number of carboxylic acid groups (broad SMARTS) is 1. The van der Waals surface area contributed by atoms with Crippen LogP contribution in [-0.2, 0) is 4.79 Å². The third-order valence-electron chi connectivity index (χ3n) is 2.87. The highest BCUT2D eigenvalue weighted by Crippen LogP contribution is 2.23. The monoisotopic (exact) mass is 255 g/mol. The fourth-order valence-electron chi connectivity index (χ4n) is 1.68. The van der Waals surface area contributed by atoms with Crippen molar-refractivity contribution >= 4 is 5.97 Å². The molecule has 0 bridgehead atoms. The molecular weight excluding hydrogens is 234 g/mol. The van der Waals surface area contributed by atoms with E-state index in [1.807, 2.05) is 0 Å². The minimum absolute atomic E-state index is 0.0801. The molecule has 0 aromatic rings. The summed E-state index contributed by atoms with van der Waals surface area (Å²) in [5, 5.41) is 19.5. The van der Waals surface area contributed by atoms with Crippen molar-refractivity contribution < 1.29 is 14.8 Å². The molecule has 0 aliphatic rings. The van der Waals surface area contributed by atoms with E-state index in [1.165, 1.54) is 0 Å². The molecule has 0 saturated carbocycles. The van der Waals surface area contributed by atoms with Crippen LogP contribution in [0, 0.1) is 16.0 Å². The van der Waals surface area contributed by atoms with E-state index in [4.69, 9.17) is 5.11 Å². The number of carboxylic acids is 1. The second-order valence-corrected chi connectivity index (χ2v) is 4.37. The number of unbranched alkanes of at least 4 members (excludes halogenated alkanes) is 2. The SMILES string of the molecule is C=C(CCCCC)C(CCC(=C)[N+](=O)[O-])C(=O)O. The van der Waals surface area contributed by atoms with E-state index >= 15 is 0 Å². The van der Waals surface area contributed by atoms with Crippen LogP contribution in [0.15, 0.2) is 24.4 Å². The molecule has 0 spiro atoms. The number of nitro groups is 1. The molecule has 0 aliphatic carbocycles. The Kier molecular flexibility index (Phi) is 7.67. The first-order valence-corrected chi connectivity index (χ1v) is 6.12. The molecule has 0 saturated heterocycles. The zero-order chi connectivity index (χ0) is 14.1. The topological polar surface area (TPSA) is 80.4 Å². The first-order valence-electron chi connectivity index (χ1n) is 6.12. The molecule has 18 heavy (non-hydrogen) atoms. The van der Waals surface area contributed by atoms with Crippen LogP contribution in [0.3, 0.4) is 0 Å². The lowest BCUT2D eigenvalue weighted by Crippen LogP contribution is -2.16. The maximum Gasteiger partial charge on any atom is 0.310 e. The second-order valence-electron chi connectivity index (χ2n) is 4.37. The number of aliphatic carboxylic acids is 1. The lowest BCUT2D eigenvalue weighted by molar-refractivity contribution is -0.427. The molecule has 5 heteroatoms. The van der Waals surface area contributed by atoms with Gasteiger partial charge in [-0.05, 0) is 25.8 Å². The lowest BCUT2D eigenvalue weighted by Gasteiger charge is -2.14. The Labute approximate surface area is 107 Å². The van der Waals surface area contributed by atoms with Crippen molar-refractivity contribution in [1.82, 2.24) is 0 Å². The first kappa shape index (κ1) is 16.4. The smallest absolute Gasteiger partial charge is 0.310 e. The molecule has 1 N–H and O–H groups in total. The van der Waals surface area contributed by atoms with Gasteiger partial charge in [-0.25, -0.2) is 0 Å². The number of allylic oxidation sites excluding steroid dienone is 1. The van der Waals surface area contributed by atoms with Gasteiger partial charge in [-0.1, -0.05) is 31.9 Å². The summed E-state index contributed by atoms with van der Waals surface area (Å²) < 4.78 is 0. The summed E-state index contributed by atoms with van der Waals surface area (Å²) in [6.45, 7) is 9.16. The summed E-state index contributed by atoms with van der Waals surface area (Å²) in [7, 11) is 0. The number of nitrogens with zero attached hydrogens (tertiary/aromatic N) is 1. The molecule has 0 fully saturated rings. The van der Waals surface area contributed by atoms with Crippen LogP contribution in [0.2, 0.25) is 0 Å². The third kappa shape index (κ3) is 6.18. The lowest BCUT2D eigenvalue weighted by atomic mass is 9.91. The second kappa shape index (κ2) is 8.44. The van der Waals surface area contributed by atoms with E-state index in [-0.39, 0.29) is 18.5 Å². The van der Waals surface area contributed by atoms with E-state index in [9.17, 15) is 14.9 Å². The average molecular weight is 255 g/mol. The van der Waals surface area contributed by atoms with E-state index in [1.54, 1.807) is 0 Å². The predicted molar refractivity (Wildman–Crippen MR) is 69.8 cm³/mol. The molecule has 0 aliphatic heterocycles. The zero-order valence-corrected chi connectivity index (χ0v) is 10.9. The number of carbonyl (C=O) groups is 1. The van der Waals surface area contributed by atoms with E-state index in [0.29, 0.717) is 12.0 Å². The Bertz CT molecular complexity index is 336. The number of hydrogen-bond acceptors (Lipinski definition) is 3. The fraction of sp³-hybridized carbons (Fsp3) is 0.615. The molecule has 0 aromatic heterocycles. The largest absolute Gasteiger partial charge is 0.481 e. The van der Waals surface area contributed by atoms with E-state index in [0.717, 1.165) is 19.3 Å². The van der Waals surface area contributed by atoms with Crippen LogP contribution >= 0.6 is 0 Å². The summed E-state index contributed by atoms with van der Waals surface area (Å²) in [4.78, 5) is 20.9. The van der Waals surface area contributed by atoms with Crippen molar-refractivity contribution in [1.29, 1.82) is 0 Å². The van der Waals surface area contributed by atoms with Gasteiger partial charge in [-0.15, -0.1) is 0 Å². The fourth-order valence-corrected chi connectivity index (χ4v) is 1.68. The molecule has 0 rings (SSSR count). The van der Waals surface area contributed by atoms with Crippen LogP contribution < -0.4 is 0 Å². The Morgan fingerprint density at radius 1 is 1.33 bits per heavy atom. The molecule has 0 radical (unpaired) electrons. The van der Waals surface area contributed by atoms with Gasteiger partial charge in [0, 0.05) is 6.42 Å². The van der Waals surface area contributed by atoms with Crippen molar-refractivity contribution in [3.05, 3.63) is 34.5 Å². The standard InChI is InChI=1S/C13H21NO4/c1-4-5-6-7-10(2)12(13(15)16)9-8-11(3)14(17)18/h12H,2-9H2,1H3,(H,15,16). The maximum atomic E-state index is 11.1. The predicted octanol–water partition coefficient (Wildman–Crippen LogP) is 3.39. The van der Waals surface area contributed by atoms with Crippen LogP contribution in [0.1, 0.15) is 45.4 Å². The maximum absolute atomic E-state index is 11.1. The molecule has 5 nitrogen and oxygen atoms in total. The molecule has 0 aromatic carbocycles. The van der Waals surface area contributed by atoms with Crippen LogP contribution in [0.5, 0.6) is 0 Å². The van der Waals surface area contributed by atoms with Gasteiger partial charge in [0.2, 0.25) is 5.70 Å². The highest BCUT2D eigenvalue weighted by molar-refractivity contribution is 5.73. The average Bonchev–Trinajstić information content (AvgIpc) is 2.28. The molecule has 102 valence electrons. The van der Waals surface area contributed by atoms with Crippen molar-refractivity contribution in [2.45, 2.75) is 45.4 Å². The van der Waals surface area contributed by atoms with Crippen molar-refractivity contribution in [3.8, 4) is 0 Å². The van der Waals surface area contributed by atoms with Gasteiger partial charge in [-0.2, -0.15) is 0 Å². The zero-order valence-electron chi connectivity index (χ0n) is 10.9. The van der Waals surface area contributed by atoms with Gasteiger partial charge in [0.1, 0.15) is 0 Å². The van der Waals surface area contributed by atoms with E-state index < -0.39 is 16.8 Å². The minimum Gasteiger partial charge on any atom is -0.481 e. The van der Waals surface area contributed by atoms with Crippen LogP contribution in [-0.4, -0.2) is 16.0 Å². The Hall–Kier alpha value is -1.65. The summed E-state index contributed by atoms with van der Waals surface area (Å²) in [5.74, 6) is -1.67. The Morgan fingerprint density at radius 2 is 1.94 bits per heavy atom. The molecule has 1 unspecified atom stereocenters. The van der Waals surface area contributed by atoms with Gasteiger partial charge < -0.3 is 5.11 Å². The number of hydrogen-bond donors (Lipinski definition) is 1. The van der Waals surface area contributed by atoms with Gasteiger partial charge in [0.15, 0.2) is 0 Å². The summed E-state index contributed by atoms with van der Waals surface area (Å²) in [5.41, 5.74) is 0.495. The summed E-state index contributed by atoms with van der Waals surface area (Å²) in [6, 6.07) is 0. The van der Waals surface area contributed by atoms with Crippen LogP contribution in [0.4, 0.5) is 0 Å². The van der Waals surface area contributed by atoms with Crippen molar-refractivity contribution in [3.63, 3.8) is 0 Å². The quantitative estimate of drug-likeness (QED) is 0.281. The molecular formula is C13H21NO4. The normalized spacial score (nSPS) is 11.8.